The first-order chi connectivity index (χ1) is 20.4. The number of carboxylic acids is 1. The Morgan fingerprint density at radius 1 is 1.05 bits per heavy atom. The monoisotopic (exact) mass is 601 g/mol. The van der Waals surface area contributed by atoms with Crippen LogP contribution < -0.4 is 16.4 Å². The quantitative estimate of drug-likeness (QED) is 0.232. The smallest absolute Gasteiger partial charge is 0.416 e. The molecule has 1 atom stereocenters. The van der Waals surface area contributed by atoms with Gasteiger partial charge in [0.1, 0.15) is 5.82 Å². The first kappa shape index (κ1) is 29.4. The van der Waals surface area contributed by atoms with Gasteiger partial charge in [0, 0.05) is 24.3 Å². The van der Waals surface area contributed by atoms with Crippen molar-refractivity contribution in [3.05, 3.63) is 71.7 Å². The van der Waals surface area contributed by atoms with Crippen LogP contribution in [0.1, 0.15) is 22.1 Å². The number of aromatic nitrogens is 3. The molecule has 3 amide bonds. The summed E-state index contributed by atoms with van der Waals surface area (Å²) >= 11 is 0. The molecular weight excluding hydrogens is 578 g/mol. The number of benzene rings is 2. The van der Waals surface area contributed by atoms with E-state index in [1.54, 1.807) is 11.0 Å². The number of anilines is 2. The summed E-state index contributed by atoms with van der Waals surface area (Å²) in [6.45, 7) is 1.47. The lowest BCUT2D eigenvalue weighted by molar-refractivity contribution is -0.137. The largest absolute Gasteiger partial charge is 0.478 e. The number of ether oxygens (including phenoxy) is 1. The third kappa shape index (κ3) is 6.24. The molecule has 0 bridgehead atoms. The highest BCUT2D eigenvalue weighted by molar-refractivity contribution is 6.03. The van der Waals surface area contributed by atoms with Gasteiger partial charge in [-0.3, -0.25) is 9.69 Å². The Kier molecular flexibility index (Phi) is 7.97. The van der Waals surface area contributed by atoms with Gasteiger partial charge in [0.15, 0.2) is 11.8 Å². The number of nitrogens with zero attached hydrogens (tertiary/aromatic N) is 4. The summed E-state index contributed by atoms with van der Waals surface area (Å²) in [5.74, 6) is -3.09. The van der Waals surface area contributed by atoms with Gasteiger partial charge >= 0.3 is 18.2 Å². The topological polar surface area (TPSA) is 165 Å². The molecule has 43 heavy (non-hydrogen) atoms. The molecule has 1 fully saturated rings. The van der Waals surface area contributed by atoms with Gasteiger partial charge < -0.3 is 26.2 Å². The SMILES string of the molecule is NC(=O)C(N1CCOCC1)n1ncc2c(C(=O)O)cc(-c3cccc(NC(=O)Nc4cc(C(F)(F)F)ccc4F)c3)nc21. The average Bonchev–Trinajstić information content (AvgIpc) is 3.37. The molecular formula is C27H23F4N7O5. The van der Waals surface area contributed by atoms with Crippen LogP contribution in [0.5, 0.6) is 0 Å². The number of hydrogen-bond acceptors (Lipinski definition) is 7. The number of carbonyl (C=O) groups excluding carboxylic acids is 2. The Balaban J connectivity index is 1.47. The predicted molar refractivity (Wildman–Crippen MR) is 145 cm³/mol. The minimum absolute atomic E-state index is 0.0707. The number of aromatic carboxylic acids is 1. The average molecular weight is 602 g/mol. The zero-order valence-electron chi connectivity index (χ0n) is 22.1. The van der Waals surface area contributed by atoms with Crippen LogP contribution in [-0.4, -0.2) is 69.0 Å². The molecule has 0 radical (unpaired) electrons. The van der Waals surface area contributed by atoms with Crippen LogP contribution in [0.2, 0.25) is 0 Å². The van der Waals surface area contributed by atoms with E-state index in [4.69, 9.17) is 10.5 Å². The lowest BCUT2D eigenvalue weighted by Crippen LogP contribution is -2.47. The van der Waals surface area contributed by atoms with Gasteiger partial charge in [-0.15, -0.1) is 0 Å². The van der Waals surface area contributed by atoms with Crippen molar-refractivity contribution in [3.8, 4) is 11.3 Å². The van der Waals surface area contributed by atoms with Crippen molar-refractivity contribution in [3.63, 3.8) is 0 Å². The number of primary amides is 1. The molecule has 2 aromatic carbocycles. The summed E-state index contributed by atoms with van der Waals surface area (Å²) in [4.78, 5) is 43.5. The maximum Gasteiger partial charge on any atom is 0.416 e. The second kappa shape index (κ2) is 11.7. The zero-order chi connectivity index (χ0) is 30.9. The fourth-order valence-electron chi connectivity index (χ4n) is 4.64. The lowest BCUT2D eigenvalue weighted by Gasteiger charge is -2.32. The second-order valence-electron chi connectivity index (χ2n) is 9.46. The van der Waals surface area contributed by atoms with Crippen molar-refractivity contribution < 1.29 is 41.8 Å². The summed E-state index contributed by atoms with van der Waals surface area (Å²) in [6, 6.07) is 7.84. The number of carbonyl (C=O) groups is 3. The second-order valence-corrected chi connectivity index (χ2v) is 9.46. The van der Waals surface area contributed by atoms with Crippen molar-refractivity contribution in [1.82, 2.24) is 19.7 Å². The molecule has 1 aliphatic rings. The Morgan fingerprint density at radius 3 is 2.47 bits per heavy atom. The van der Waals surface area contributed by atoms with E-state index in [-0.39, 0.29) is 28.0 Å². The van der Waals surface area contributed by atoms with Gasteiger partial charge in [-0.2, -0.15) is 18.3 Å². The van der Waals surface area contributed by atoms with Crippen LogP contribution in [0, 0.1) is 5.82 Å². The third-order valence-electron chi connectivity index (χ3n) is 6.63. The molecule has 0 saturated carbocycles. The highest BCUT2D eigenvalue weighted by atomic mass is 19.4. The van der Waals surface area contributed by atoms with E-state index in [0.29, 0.717) is 50.1 Å². The molecule has 4 aromatic rings. The van der Waals surface area contributed by atoms with Gasteiger partial charge in [-0.1, -0.05) is 12.1 Å². The van der Waals surface area contributed by atoms with Crippen LogP contribution in [-0.2, 0) is 15.7 Å². The molecule has 12 nitrogen and oxygen atoms in total. The molecule has 16 heteroatoms. The van der Waals surface area contributed by atoms with Gasteiger partial charge in [0.05, 0.1) is 47.3 Å². The minimum Gasteiger partial charge on any atom is -0.478 e. The van der Waals surface area contributed by atoms with E-state index < -0.39 is 47.3 Å². The fraction of sp³-hybridized carbons (Fsp3) is 0.222. The number of nitrogens with two attached hydrogens (primary N) is 1. The van der Waals surface area contributed by atoms with E-state index in [1.165, 1.54) is 35.1 Å². The van der Waals surface area contributed by atoms with Gasteiger partial charge in [0.2, 0.25) is 0 Å². The molecule has 2 aromatic heterocycles. The Labute approximate surface area is 240 Å². The normalized spacial score (nSPS) is 14.8. The standard InChI is InChI=1S/C27H23F4N7O5/c28-19-5-4-15(27(29,30)31)11-21(19)36-26(42)34-16-3-1-2-14(10-16)20-12-17(25(40)41)18-13-33-38(23(18)35-20)24(22(32)39)37-6-8-43-9-7-37/h1-5,10-13,24H,6-9H2,(H2,32,39)(H,40,41)(H2,34,36,42). The molecule has 0 spiro atoms. The summed E-state index contributed by atoms with van der Waals surface area (Å²) in [7, 11) is 0. The number of fused-ring (bicyclic) bond motifs is 1. The predicted octanol–water partition coefficient (Wildman–Crippen LogP) is 3.91. The van der Waals surface area contributed by atoms with Crippen molar-refractivity contribution in [2.45, 2.75) is 12.3 Å². The third-order valence-corrected chi connectivity index (χ3v) is 6.63. The molecule has 3 heterocycles. The first-order valence-corrected chi connectivity index (χ1v) is 12.7. The van der Waals surface area contributed by atoms with Crippen LogP contribution >= 0.6 is 0 Å². The summed E-state index contributed by atoms with van der Waals surface area (Å²) in [5, 5.41) is 18.8. The molecule has 0 aliphatic carbocycles. The number of urea groups is 1. The number of alkyl halides is 3. The summed E-state index contributed by atoms with van der Waals surface area (Å²) < 4.78 is 59.7. The molecule has 1 saturated heterocycles. The first-order valence-electron chi connectivity index (χ1n) is 12.7. The van der Waals surface area contributed by atoms with E-state index in [2.05, 4.69) is 15.4 Å². The van der Waals surface area contributed by atoms with Crippen molar-refractivity contribution >= 4 is 40.3 Å². The van der Waals surface area contributed by atoms with E-state index in [9.17, 15) is 37.1 Å². The van der Waals surface area contributed by atoms with Gasteiger partial charge in [-0.25, -0.2) is 23.6 Å². The number of morpholine rings is 1. The van der Waals surface area contributed by atoms with Gasteiger partial charge in [-0.05, 0) is 36.4 Å². The van der Waals surface area contributed by atoms with E-state index in [1.807, 2.05) is 5.32 Å². The Hall–Kier alpha value is -5.09. The van der Waals surface area contributed by atoms with E-state index in [0.717, 1.165) is 0 Å². The number of hydrogen-bond donors (Lipinski definition) is 4. The van der Waals surface area contributed by atoms with E-state index >= 15 is 0 Å². The van der Waals surface area contributed by atoms with Crippen molar-refractivity contribution in [1.29, 1.82) is 0 Å². The zero-order valence-corrected chi connectivity index (χ0v) is 22.1. The highest BCUT2D eigenvalue weighted by Gasteiger charge is 2.32. The lowest BCUT2D eigenvalue weighted by atomic mass is 10.1. The Morgan fingerprint density at radius 2 is 1.79 bits per heavy atom. The number of halogens is 4. The summed E-state index contributed by atoms with van der Waals surface area (Å²) in [5.41, 5.74) is 4.41. The van der Waals surface area contributed by atoms with Crippen molar-refractivity contribution in [2.24, 2.45) is 5.73 Å². The van der Waals surface area contributed by atoms with Crippen LogP contribution in [0.25, 0.3) is 22.3 Å². The number of nitrogens with one attached hydrogen (secondary N) is 2. The number of amides is 3. The number of pyridine rings is 1. The maximum absolute atomic E-state index is 14.1. The molecule has 1 aliphatic heterocycles. The fourth-order valence-corrected chi connectivity index (χ4v) is 4.64. The van der Waals surface area contributed by atoms with Crippen LogP contribution in [0.4, 0.5) is 33.7 Å². The van der Waals surface area contributed by atoms with Crippen molar-refractivity contribution in [2.75, 3.05) is 36.9 Å². The Bertz CT molecular complexity index is 1720. The number of carboxylic acid groups (broad SMARTS) is 1. The number of rotatable bonds is 7. The summed E-state index contributed by atoms with van der Waals surface area (Å²) in [6.07, 6.45) is -4.53. The molecule has 5 rings (SSSR count). The highest BCUT2D eigenvalue weighted by Crippen LogP contribution is 2.32. The maximum atomic E-state index is 14.1. The van der Waals surface area contributed by atoms with Gasteiger partial charge in [0.25, 0.3) is 5.91 Å². The molecule has 224 valence electrons. The van der Waals surface area contributed by atoms with Crippen LogP contribution in [0.15, 0.2) is 54.7 Å². The minimum atomic E-state index is -4.74. The van der Waals surface area contributed by atoms with Crippen LogP contribution in [0.3, 0.4) is 0 Å². The molecule has 5 N–H and O–H groups in total. The molecule has 1 unspecified atom stereocenters.